The van der Waals surface area contributed by atoms with Gasteiger partial charge in [-0.25, -0.2) is 22.7 Å². The molecule has 0 amide bonds. The number of pyridine rings is 2. The van der Waals surface area contributed by atoms with E-state index in [-0.39, 0.29) is 22.8 Å². The van der Waals surface area contributed by atoms with Gasteiger partial charge in [-0.15, -0.1) is 0 Å². The van der Waals surface area contributed by atoms with Crippen LogP contribution in [0, 0.1) is 6.92 Å². The second-order valence-electron chi connectivity index (χ2n) is 8.23. The number of hydrogen-bond acceptors (Lipinski definition) is 7. The van der Waals surface area contributed by atoms with Gasteiger partial charge in [0.05, 0.1) is 27.5 Å². The number of carbonyl (C=O) groups is 1. The summed E-state index contributed by atoms with van der Waals surface area (Å²) in [6, 6.07) is 6.41. The van der Waals surface area contributed by atoms with E-state index in [9.17, 15) is 26.4 Å². The Hall–Kier alpha value is -3.55. The fourth-order valence-electron chi connectivity index (χ4n) is 3.26. The smallest absolute Gasteiger partial charge is 0.369 e. The minimum atomic E-state index is -4.89. The molecule has 3 rings (SSSR count). The third kappa shape index (κ3) is 6.47. The Morgan fingerprint density at radius 1 is 1.16 bits per heavy atom. The van der Waals surface area contributed by atoms with Gasteiger partial charge in [-0.3, -0.25) is 9.78 Å². The van der Waals surface area contributed by atoms with Crippen molar-refractivity contribution in [3.8, 4) is 0 Å². The summed E-state index contributed by atoms with van der Waals surface area (Å²) in [6.07, 6.45) is -0.681. The Kier molecular flexibility index (Phi) is 8.75. The predicted octanol–water partition coefficient (Wildman–Crippen LogP) is 4.71. The molecule has 0 atom stereocenters. The molecule has 0 N–H and O–H groups in total. The highest BCUT2D eigenvalue weighted by Crippen LogP contribution is 2.37. The summed E-state index contributed by atoms with van der Waals surface area (Å²) >= 11 is 5.67. The summed E-state index contributed by atoms with van der Waals surface area (Å²) < 4.78 is 73.3. The van der Waals surface area contributed by atoms with E-state index in [2.05, 4.69) is 15.0 Å². The third-order valence-electron chi connectivity index (χ3n) is 4.99. The Balaban J connectivity index is 2.16. The number of hydrogen-bond donors (Lipinski definition) is 0. The maximum absolute atomic E-state index is 13.6. The van der Waals surface area contributed by atoms with Crippen LogP contribution in [-0.4, -0.2) is 63.3 Å². The third-order valence-corrected chi connectivity index (χ3v) is 7.06. The van der Waals surface area contributed by atoms with Crippen LogP contribution in [0.15, 0.2) is 58.7 Å². The molecule has 0 radical (unpaired) electrons. The molecule has 0 unspecified atom stereocenters. The molecular weight excluding hydrogens is 547 g/mol. The number of ether oxygens (including phenoxy) is 1. The quantitative estimate of drug-likeness (QED) is 0.159. The highest BCUT2D eigenvalue weighted by atomic mass is 35.5. The maximum atomic E-state index is 13.6. The number of anilines is 1. The van der Waals surface area contributed by atoms with Crippen molar-refractivity contribution in [2.45, 2.75) is 18.0 Å². The van der Waals surface area contributed by atoms with E-state index >= 15 is 0 Å². The first-order valence-corrected chi connectivity index (χ1v) is 12.6. The average molecular weight is 570 g/mol. The van der Waals surface area contributed by atoms with Crippen LogP contribution in [0.1, 0.15) is 27.2 Å². The van der Waals surface area contributed by atoms with E-state index < -0.39 is 44.2 Å². The van der Waals surface area contributed by atoms with Crippen molar-refractivity contribution in [2.24, 2.45) is 4.99 Å². The van der Waals surface area contributed by atoms with E-state index in [1.54, 1.807) is 25.9 Å². The topological polar surface area (TPSA) is 105 Å². The Bertz CT molecular complexity index is 1480. The van der Waals surface area contributed by atoms with Gasteiger partial charge in [-0.2, -0.15) is 13.2 Å². The van der Waals surface area contributed by atoms with Gasteiger partial charge in [0.25, 0.3) is 10.0 Å². The van der Waals surface area contributed by atoms with Crippen molar-refractivity contribution in [3.05, 3.63) is 76.2 Å². The van der Waals surface area contributed by atoms with Gasteiger partial charge in [-0.1, -0.05) is 11.6 Å². The maximum Gasteiger partial charge on any atom is 0.417 e. The van der Waals surface area contributed by atoms with Crippen LogP contribution in [0.3, 0.4) is 0 Å². The molecule has 0 bridgehead atoms. The van der Waals surface area contributed by atoms with Crippen molar-refractivity contribution in [2.75, 3.05) is 32.2 Å². The molecule has 38 heavy (non-hydrogen) atoms. The predicted molar refractivity (Wildman–Crippen MR) is 136 cm³/mol. The minimum absolute atomic E-state index is 0.115. The van der Waals surface area contributed by atoms with Crippen molar-refractivity contribution < 1.29 is 31.1 Å². The normalized spacial score (nSPS) is 12.1. The zero-order valence-corrected chi connectivity index (χ0v) is 22.3. The van der Waals surface area contributed by atoms with Crippen LogP contribution in [0.4, 0.5) is 24.7 Å². The number of alkyl halides is 3. The van der Waals surface area contributed by atoms with E-state index in [4.69, 9.17) is 16.3 Å². The average Bonchev–Trinajstić information content (AvgIpc) is 2.85. The van der Waals surface area contributed by atoms with Crippen LogP contribution < -0.4 is 4.31 Å². The second kappa shape index (κ2) is 11.5. The molecule has 0 spiro atoms. The molecule has 0 saturated carbocycles. The number of rotatable bonds is 9. The largest absolute Gasteiger partial charge is 0.417 e. The summed E-state index contributed by atoms with van der Waals surface area (Å²) in [5.74, 6) is -0.437. The molecule has 1 aromatic carbocycles. The number of ketones is 1. The van der Waals surface area contributed by atoms with Crippen molar-refractivity contribution in [1.82, 2.24) is 14.9 Å². The Labute approximate surface area is 222 Å². The molecule has 2 heterocycles. The molecular formula is C24H23ClF3N5O4S. The molecule has 0 aliphatic heterocycles. The molecule has 0 saturated heterocycles. The molecule has 3 aromatic rings. The van der Waals surface area contributed by atoms with Gasteiger partial charge in [0.15, 0.2) is 5.82 Å². The Morgan fingerprint density at radius 2 is 1.87 bits per heavy atom. The van der Waals surface area contributed by atoms with Crippen LogP contribution in [-0.2, 0) is 20.9 Å². The molecule has 0 aliphatic rings. The summed E-state index contributed by atoms with van der Waals surface area (Å²) in [4.78, 5) is 26.8. The zero-order chi connectivity index (χ0) is 28.3. The van der Waals surface area contributed by atoms with E-state index in [0.29, 0.717) is 15.9 Å². The van der Waals surface area contributed by atoms with Crippen LogP contribution >= 0.6 is 11.6 Å². The first kappa shape index (κ1) is 29.0. The molecule has 0 aliphatic carbocycles. The summed E-state index contributed by atoms with van der Waals surface area (Å²) in [6.45, 7) is 0.999. The number of sulfonamides is 1. The standard InChI is InChI=1S/C24H23ClF3N5O4S/c1-15-9-20(22(30-12-15)23(34)16-7-8-29-21(10-16)31-13-32(2)3)33(14-37-4)38(35,36)17-5-6-19(25)18(11-17)24(26,27)28/h5-13H,14H2,1-4H3/b31-13+. The number of aliphatic imine (C=N–C) groups is 1. The van der Waals surface area contributed by atoms with Gasteiger partial charge in [0, 0.05) is 39.2 Å². The number of nitrogens with zero attached hydrogens (tertiary/aromatic N) is 5. The lowest BCUT2D eigenvalue weighted by Gasteiger charge is -2.26. The van der Waals surface area contributed by atoms with Gasteiger partial charge < -0.3 is 9.64 Å². The lowest BCUT2D eigenvalue weighted by Crippen LogP contribution is -2.34. The number of carbonyl (C=O) groups excluding carboxylic acids is 1. The first-order chi connectivity index (χ1) is 17.8. The van der Waals surface area contributed by atoms with Crippen LogP contribution in [0.2, 0.25) is 5.02 Å². The van der Waals surface area contributed by atoms with Crippen LogP contribution in [0.5, 0.6) is 0 Å². The highest BCUT2D eigenvalue weighted by Gasteiger charge is 2.36. The molecule has 9 nitrogen and oxygen atoms in total. The molecule has 2 aromatic heterocycles. The highest BCUT2D eigenvalue weighted by molar-refractivity contribution is 7.92. The Morgan fingerprint density at radius 3 is 2.50 bits per heavy atom. The summed E-state index contributed by atoms with van der Waals surface area (Å²) in [7, 11) is 0.0298. The van der Waals surface area contributed by atoms with Crippen molar-refractivity contribution >= 4 is 45.3 Å². The monoisotopic (exact) mass is 569 g/mol. The first-order valence-electron chi connectivity index (χ1n) is 10.8. The van der Waals surface area contributed by atoms with E-state index in [1.165, 1.54) is 44.0 Å². The fourth-order valence-corrected chi connectivity index (χ4v) is 4.88. The number of aryl methyl sites for hydroxylation is 1. The van der Waals surface area contributed by atoms with Crippen molar-refractivity contribution in [3.63, 3.8) is 0 Å². The van der Waals surface area contributed by atoms with E-state index in [1.807, 2.05) is 0 Å². The summed E-state index contributed by atoms with van der Waals surface area (Å²) in [5.41, 5.74) is -1.17. The molecule has 0 fully saturated rings. The van der Waals surface area contributed by atoms with Gasteiger partial charge in [-0.05, 0) is 48.9 Å². The number of benzene rings is 1. The second-order valence-corrected chi connectivity index (χ2v) is 10.5. The number of aromatic nitrogens is 2. The number of halogens is 4. The number of methoxy groups -OCH3 is 1. The zero-order valence-electron chi connectivity index (χ0n) is 20.7. The van der Waals surface area contributed by atoms with E-state index in [0.717, 1.165) is 12.1 Å². The van der Waals surface area contributed by atoms with Gasteiger partial charge >= 0.3 is 6.18 Å². The van der Waals surface area contributed by atoms with Crippen molar-refractivity contribution in [1.29, 1.82) is 0 Å². The molecule has 14 heteroatoms. The van der Waals surface area contributed by atoms with Crippen LogP contribution in [0.25, 0.3) is 0 Å². The van der Waals surface area contributed by atoms with Gasteiger partial charge in [0.1, 0.15) is 12.4 Å². The van der Waals surface area contributed by atoms with Gasteiger partial charge in [0.2, 0.25) is 5.78 Å². The lowest BCUT2D eigenvalue weighted by atomic mass is 10.1. The summed E-state index contributed by atoms with van der Waals surface area (Å²) in [5, 5.41) is -0.659. The minimum Gasteiger partial charge on any atom is -0.369 e. The fraction of sp³-hybridized carbons (Fsp3) is 0.250. The lowest BCUT2D eigenvalue weighted by molar-refractivity contribution is -0.137. The molecule has 202 valence electrons. The SMILES string of the molecule is COCN(c1cc(C)cnc1C(=O)c1ccnc(/N=C/N(C)C)c1)S(=O)(=O)c1ccc(Cl)c(C(F)(F)F)c1.